The number of rotatable bonds is 1. The number of hydrogen-bond donors (Lipinski definition) is 1. The summed E-state index contributed by atoms with van der Waals surface area (Å²) in [5.74, 6) is 0. The SMILES string of the molecule is CNC1CCCC2(CC2)C1. The fourth-order valence-electron chi connectivity index (χ4n) is 2.33. The second-order valence-corrected chi connectivity index (χ2v) is 4.08. The van der Waals surface area contributed by atoms with Crippen LogP contribution in [0.1, 0.15) is 38.5 Å². The summed E-state index contributed by atoms with van der Waals surface area (Å²) in [6, 6.07) is 0.844. The van der Waals surface area contributed by atoms with E-state index in [0.717, 1.165) is 11.5 Å². The van der Waals surface area contributed by atoms with Gasteiger partial charge < -0.3 is 5.32 Å². The Balaban J connectivity index is 1.91. The fraction of sp³-hybridized carbons (Fsp3) is 1.00. The highest BCUT2D eigenvalue weighted by atomic mass is 14.9. The van der Waals surface area contributed by atoms with Crippen LogP contribution >= 0.6 is 0 Å². The Morgan fingerprint density at radius 3 is 2.70 bits per heavy atom. The van der Waals surface area contributed by atoms with Gasteiger partial charge in [-0.25, -0.2) is 0 Å². The molecule has 1 unspecified atom stereocenters. The maximum Gasteiger partial charge on any atom is 0.00693 e. The van der Waals surface area contributed by atoms with Crippen LogP contribution in [0, 0.1) is 5.41 Å². The molecule has 0 amide bonds. The van der Waals surface area contributed by atoms with Crippen LogP contribution in [0.2, 0.25) is 0 Å². The molecule has 10 heavy (non-hydrogen) atoms. The smallest absolute Gasteiger partial charge is 0.00693 e. The molecule has 0 heterocycles. The van der Waals surface area contributed by atoms with Gasteiger partial charge in [0.05, 0.1) is 0 Å². The molecule has 0 saturated heterocycles. The van der Waals surface area contributed by atoms with E-state index in [-0.39, 0.29) is 0 Å². The third-order valence-corrected chi connectivity index (χ3v) is 3.30. The Hall–Kier alpha value is -0.0400. The van der Waals surface area contributed by atoms with Crippen LogP contribution < -0.4 is 5.32 Å². The van der Waals surface area contributed by atoms with E-state index in [2.05, 4.69) is 12.4 Å². The lowest BCUT2D eigenvalue weighted by atomic mass is 9.83. The van der Waals surface area contributed by atoms with E-state index >= 15 is 0 Å². The average Bonchev–Trinajstić information content (AvgIpc) is 2.70. The minimum absolute atomic E-state index is 0.839. The normalized spacial score (nSPS) is 36.3. The Bertz CT molecular complexity index is 127. The second kappa shape index (κ2) is 2.23. The Morgan fingerprint density at radius 2 is 2.10 bits per heavy atom. The summed E-state index contributed by atoms with van der Waals surface area (Å²) in [6.45, 7) is 0. The van der Waals surface area contributed by atoms with Crippen LogP contribution in [0.15, 0.2) is 0 Å². The zero-order valence-corrected chi connectivity index (χ0v) is 6.82. The first-order valence-corrected chi connectivity index (χ1v) is 4.52. The first kappa shape index (κ1) is 6.66. The summed E-state index contributed by atoms with van der Waals surface area (Å²) < 4.78 is 0. The minimum Gasteiger partial charge on any atom is -0.317 e. The third kappa shape index (κ3) is 1.07. The Morgan fingerprint density at radius 1 is 1.30 bits per heavy atom. The fourth-order valence-corrected chi connectivity index (χ4v) is 2.33. The zero-order valence-electron chi connectivity index (χ0n) is 6.82. The van der Waals surface area contributed by atoms with E-state index < -0.39 is 0 Å². The molecule has 2 rings (SSSR count). The van der Waals surface area contributed by atoms with E-state index in [1.807, 2.05) is 0 Å². The highest BCUT2D eigenvalue weighted by molar-refractivity contribution is 4.98. The van der Waals surface area contributed by atoms with Gasteiger partial charge >= 0.3 is 0 Å². The molecule has 0 aromatic carbocycles. The molecule has 2 fully saturated rings. The predicted molar refractivity (Wildman–Crippen MR) is 43.0 cm³/mol. The Kier molecular flexibility index (Phi) is 1.48. The van der Waals surface area contributed by atoms with Crippen LogP contribution in [0.5, 0.6) is 0 Å². The maximum absolute atomic E-state index is 3.40. The third-order valence-electron chi connectivity index (χ3n) is 3.30. The molecule has 1 heteroatoms. The molecule has 0 aromatic heterocycles. The van der Waals surface area contributed by atoms with Gasteiger partial charge in [-0.1, -0.05) is 6.42 Å². The molecule has 0 aliphatic heterocycles. The second-order valence-electron chi connectivity index (χ2n) is 4.08. The van der Waals surface area contributed by atoms with Crippen LogP contribution in [0.4, 0.5) is 0 Å². The van der Waals surface area contributed by atoms with Crippen molar-refractivity contribution in [2.75, 3.05) is 7.05 Å². The van der Waals surface area contributed by atoms with Gasteiger partial charge in [0, 0.05) is 6.04 Å². The van der Waals surface area contributed by atoms with Crippen LogP contribution in [-0.2, 0) is 0 Å². The van der Waals surface area contributed by atoms with Gasteiger partial charge in [-0.05, 0) is 44.6 Å². The summed E-state index contributed by atoms with van der Waals surface area (Å²) in [4.78, 5) is 0. The van der Waals surface area contributed by atoms with Gasteiger partial charge in [0.1, 0.15) is 0 Å². The molecule has 2 aliphatic carbocycles. The van der Waals surface area contributed by atoms with Gasteiger partial charge in [0.2, 0.25) is 0 Å². The van der Waals surface area contributed by atoms with Gasteiger partial charge in [0.25, 0.3) is 0 Å². The lowest BCUT2D eigenvalue weighted by Gasteiger charge is -2.28. The molecule has 1 atom stereocenters. The quantitative estimate of drug-likeness (QED) is 0.585. The number of nitrogens with one attached hydrogen (secondary N) is 1. The standard InChI is InChI=1S/C9H17N/c1-10-8-3-2-4-9(7-8)5-6-9/h8,10H,2-7H2,1H3. The van der Waals surface area contributed by atoms with Crippen molar-refractivity contribution in [1.82, 2.24) is 5.32 Å². The molecular weight excluding hydrogens is 122 g/mol. The highest BCUT2D eigenvalue weighted by Crippen LogP contribution is 2.55. The highest BCUT2D eigenvalue weighted by Gasteiger charge is 2.45. The molecular formula is C9H17N. The summed E-state index contributed by atoms with van der Waals surface area (Å²) in [7, 11) is 2.10. The van der Waals surface area contributed by atoms with Gasteiger partial charge in [-0.15, -0.1) is 0 Å². The average molecular weight is 139 g/mol. The van der Waals surface area contributed by atoms with Gasteiger partial charge in [-0.2, -0.15) is 0 Å². The molecule has 0 aromatic rings. The Labute approximate surface area is 63.2 Å². The van der Waals surface area contributed by atoms with Crippen molar-refractivity contribution in [1.29, 1.82) is 0 Å². The van der Waals surface area contributed by atoms with E-state index in [1.54, 1.807) is 0 Å². The van der Waals surface area contributed by atoms with Gasteiger partial charge in [-0.3, -0.25) is 0 Å². The van der Waals surface area contributed by atoms with Crippen LogP contribution in [0.25, 0.3) is 0 Å². The summed E-state index contributed by atoms with van der Waals surface area (Å²) >= 11 is 0. The lowest BCUT2D eigenvalue weighted by Crippen LogP contribution is -2.31. The van der Waals surface area contributed by atoms with Crippen LogP contribution in [0.3, 0.4) is 0 Å². The minimum atomic E-state index is 0.839. The number of hydrogen-bond acceptors (Lipinski definition) is 1. The first-order chi connectivity index (χ1) is 4.85. The largest absolute Gasteiger partial charge is 0.317 e. The van der Waals surface area contributed by atoms with Crippen molar-refractivity contribution in [3.05, 3.63) is 0 Å². The molecule has 2 saturated carbocycles. The zero-order chi connectivity index (χ0) is 7.03. The molecule has 58 valence electrons. The molecule has 1 spiro atoms. The first-order valence-electron chi connectivity index (χ1n) is 4.52. The molecule has 1 N–H and O–H groups in total. The summed E-state index contributed by atoms with van der Waals surface area (Å²) in [6.07, 6.45) is 8.90. The van der Waals surface area contributed by atoms with E-state index in [1.165, 1.54) is 38.5 Å². The van der Waals surface area contributed by atoms with Gasteiger partial charge in [0.15, 0.2) is 0 Å². The summed E-state index contributed by atoms with van der Waals surface area (Å²) in [5, 5.41) is 3.40. The van der Waals surface area contributed by atoms with Crippen molar-refractivity contribution in [2.45, 2.75) is 44.6 Å². The predicted octanol–water partition coefficient (Wildman–Crippen LogP) is 1.93. The van der Waals surface area contributed by atoms with Crippen molar-refractivity contribution < 1.29 is 0 Å². The molecule has 0 bridgehead atoms. The maximum atomic E-state index is 3.40. The van der Waals surface area contributed by atoms with E-state index in [4.69, 9.17) is 0 Å². The van der Waals surface area contributed by atoms with Crippen molar-refractivity contribution >= 4 is 0 Å². The monoisotopic (exact) mass is 139 g/mol. The van der Waals surface area contributed by atoms with Crippen molar-refractivity contribution in [2.24, 2.45) is 5.41 Å². The summed E-state index contributed by atoms with van der Waals surface area (Å²) in [5.41, 5.74) is 0.839. The lowest BCUT2D eigenvalue weighted by molar-refractivity contribution is 0.277. The molecule has 0 radical (unpaired) electrons. The van der Waals surface area contributed by atoms with Crippen molar-refractivity contribution in [3.63, 3.8) is 0 Å². The van der Waals surface area contributed by atoms with Crippen LogP contribution in [-0.4, -0.2) is 13.1 Å². The van der Waals surface area contributed by atoms with E-state index in [0.29, 0.717) is 0 Å². The topological polar surface area (TPSA) is 12.0 Å². The van der Waals surface area contributed by atoms with Crippen molar-refractivity contribution in [3.8, 4) is 0 Å². The van der Waals surface area contributed by atoms with E-state index in [9.17, 15) is 0 Å². The molecule has 2 aliphatic rings. The molecule has 1 nitrogen and oxygen atoms in total.